The van der Waals surface area contributed by atoms with Crippen molar-refractivity contribution in [3.05, 3.63) is 35.6 Å². The van der Waals surface area contributed by atoms with E-state index in [4.69, 9.17) is 10.5 Å². The predicted octanol–water partition coefficient (Wildman–Crippen LogP) is 1.68. The predicted molar refractivity (Wildman–Crippen MR) is 62.0 cm³/mol. The van der Waals surface area contributed by atoms with Crippen LogP contribution in [0, 0.1) is 5.82 Å². The Hall–Kier alpha value is -1.13. The molecule has 0 radical (unpaired) electrons. The first kappa shape index (κ1) is 14.9. The fourth-order valence-corrected chi connectivity index (χ4v) is 1.23. The maximum atomic E-state index is 13.2. The number of carbonyl (C=O) groups excluding carboxylic acids is 1. The molecule has 90 valence electrons. The lowest BCUT2D eigenvalue weighted by atomic mass is 10.1. The van der Waals surface area contributed by atoms with Crippen LogP contribution in [-0.2, 0) is 16.0 Å². The molecule has 0 unspecified atom stereocenters. The molecule has 0 aliphatic rings. The van der Waals surface area contributed by atoms with E-state index in [1.54, 1.807) is 25.1 Å². The first-order chi connectivity index (χ1) is 7.15. The quantitative estimate of drug-likeness (QED) is 0.824. The minimum atomic E-state index is -0.804. The Morgan fingerprint density at radius 1 is 1.50 bits per heavy atom. The van der Waals surface area contributed by atoms with E-state index >= 15 is 0 Å². The van der Waals surface area contributed by atoms with Crippen molar-refractivity contribution in [2.45, 2.75) is 19.4 Å². The number of rotatable bonds is 4. The Balaban J connectivity index is 0.00000225. The number of benzene rings is 1. The van der Waals surface area contributed by atoms with Crippen LogP contribution in [0.25, 0.3) is 0 Å². The number of hydrogen-bond acceptors (Lipinski definition) is 3. The SMILES string of the molecule is CCOC(=O)[C@@H](N)Cc1ccccc1F.Cl. The van der Waals surface area contributed by atoms with Gasteiger partial charge in [0.25, 0.3) is 0 Å². The Labute approximate surface area is 100 Å². The molecule has 1 aromatic rings. The number of hydrogen-bond donors (Lipinski definition) is 1. The van der Waals surface area contributed by atoms with Crippen LogP contribution in [0.1, 0.15) is 12.5 Å². The molecule has 0 saturated carbocycles. The molecule has 0 aliphatic heterocycles. The van der Waals surface area contributed by atoms with Gasteiger partial charge in [0, 0.05) is 6.42 Å². The first-order valence-electron chi connectivity index (χ1n) is 4.80. The third kappa shape index (κ3) is 4.16. The summed E-state index contributed by atoms with van der Waals surface area (Å²) in [6, 6.07) is 5.44. The number of esters is 1. The lowest BCUT2D eigenvalue weighted by Gasteiger charge is -2.10. The molecule has 16 heavy (non-hydrogen) atoms. The molecule has 0 aromatic heterocycles. The number of nitrogens with two attached hydrogens (primary N) is 1. The second-order valence-corrected chi connectivity index (χ2v) is 3.15. The van der Waals surface area contributed by atoms with Gasteiger partial charge in [0.1, 0.15) is 11.9 Å². The highest BCUT2D eigenvalue weighted by atomic mass is 35.5. The second-order valence-electron chi connectivity index (χ2n) is 3.15. The Bertz CT molecular complexity index is 347. The molecule has 0 saturated heterocycles. The van der Waals surface area contributed by atoms with Gasteiger partial charge in [-0.1, -0.05) is 18.2 Å². The van der Waals surface area contributed by atoms with Gasteiger partial charge in [-0.2, -0.15) is 0 Å². The Morgan fingerprint density at radius 2 is 2.12 bits per heavy atom. The Kier molecular flexibility index (Phi) is 6.69. The molecular weight excluding hydrogens is 233 g/mol. The fourth-order valence-electron chi connectivity index (χ4n) is 1.23. The van der Waals surface area contributed by atoms with E-state index in [1.165, 1.54) is 6.07 Å². The van der Waals surface area contributed by atoms with Crippen molar-refractivity contribution in [1.82, 2.24) is 0 Å². The van der Waals surface area contributed by atoms with Crippen molar-refractivity contribution in [1.29, 1.82) is 0 Å². The van der Waals surface area contributed by atoms with Gasteiger partial charge in [-0.05, 0) is 18.6 Å². The lowest BCUT2D eigenvalue weighted by molar-refractivity contribution is -0.144. The molecule has 5 heteroatoms. The summed E-state index contributed by atoms with van der Waals surface area (Å²) in [5.74, 6) is -0.849. The van der Waals surface area contributed by atoms with E-state index in [-0.39, 0.29) is 31.3 Å². The maximum Gasteiger partial charge on any atom is 0.323 e. The standard InChI is InChI=1S/C11H14FNO2.ClH/c1-2-15-11(14)10(13)7-8-5-3-4-6-9(8)12;/h3-6,10H,2,7,13H2,1H3;1H/t10-;/m0./s1. The molecule has 0 fully saturated rings. The minimum Gasteiger partial charge on any atom is -0.465 e. The van der Waals surface area contributed by atoms with Crippen LogP contribution in [-0.4, -0.2) is 18.6 Å². The molecule has 0 spiro atoms. The normalized spacial score (nSPS) is 11.4. The average molecular weight is 248 g/mol. The van der Waals surface area contributed by atoms with Crippen LogP contribution in [0.4, 0.5) is 4.39 Å². The van der Waals surface area contributed by atoms with E-state index in [9.17, 15) is 9.18 Å². The summed E-state index contributed by atoms with van der Waals surface area (Å²) in [6.07, 6.45) is 0.158. The molecular formula is C11H15ClFNO2. The summed E-state index contributed by atoms with van der Waals surface area (Å²) >= 11 is 0. The van der Waals surface area contributed by atoms with Gasteiger partial charge < -0.3 is 10.5 Å². The van der Waals surface area contributed by atoms with Crippen LogP contribution < -0.4 is 5.73 Å². The molecule has 0 heterocycles. The highest BCUT2D eigenvalue weighted by Gasteiger charge is 2.16. The van der Waals surface area contributed by atoms with Crippen molar-refractivity contribution in [2.75, 3.05) is 6.61 Å². The van der Waals surface area contributed by atoms with Crippen LogP contribution >= 0.6 is 12.4 Å². The molecule has 0 aliphatic carbocycles. The minimum absolute atomic E-state index is 0. The highest BCUT2D eigenvalue weighted by molar-refractivity contribution is 5.85. The molecule has 2 N–H and O–H groups in total. The van der Waals surface area contributed by atoms with Crippen molar-refractivity contribution in [2.24, 2.45) is 5.73 Å². The second kappa shape index (κ2) is 7.19. The summed E-state index contributed by atoms with van der Waals surface area (Å²) in [4.78, 5) is 11.2. The number of carbonyl (C=O) groups is 1. The third-order valence-electron chi connectivity index (χ3n) is 1.99. The van der Waals surface area contributed by atoms with Crippen LogP contribution in [0.5, 0.6) is 0 Å². The fraction of sp³-hybridized carbons (Fsp3) is 0.364. The molecule has 3 nitrogen and oxygen atoms in total. The maximum absolute atomic E-state index is 13.2. The Morgan fingerprint density at radius 3 is 2.69 bits per heavy atom. The van der Waals surface area contributed by atoms with Crippen LogP contribution in [0.2, 0.25) is 0 Å². The zero-order valence-corrected chi connectivity index (χ0v) is 9.80. The van der Waals surface area contributed by atoms with Crippen molar-refractivity contribution < 1.29 is 13.9 Å². The van der Waals surface area contributed by atoms with Crippen LogP contribution in [0.3, 0.4) is 0 Å². The topological polar surface area (TPSA) is 52.3 Å². The summed E-state index contributed by atoms with van der Waals surface area (Å²) in [5, 5.41) is 0. The van der Waals surface area contributed by atoms with Gasteiger partial charge in [0.2, 0.25) is 0 Å². The monoisotopic (exact) mass is 247 g/mol. The molecule has 1 aromatic carbocycles. The largest absolute Gasteiger partial charge is 0.465 e. The molecule has 0 bridgehead atoms. The molecule has 1 atom stereocenters. The number of ether oxygens (including phenoxy) is 1. The third-order valence-corrected chi connectivity index (χ3v) is 1.99. The zero-order valence-electron chi connectivity index (χ0n) is 8.98. The van der Waals surface area contributed by atoms with E-state index in [0.717, 1.165) is 0 Å². The summed E-state index contributed by atoms with van der Waals surface area (Å²) < 4.78 is 17.9. The van der Waals surface area contributed by atoms with Gasteiger partial charge >= 0.3 is 5.97 Å². The van der Waals surface area contributed by atoms with Crippen LogP contribution in [0.15, 0.2) is 24.3 Å². The summed E-state index contributed by atoms with van der Waals surface area (Å²) in [6.45, 7) is 1.98. The molecule has 1 rings (SSSR count). The zero-order chi connectivity index (χ0) is 11.3. The van der Waals surface area contributed by atoms with Crippen molar-refractivity contribution in [3.8, 4) is 0 Å². The summed E-state index contributed by atoms with van der Waals surface area (Å²) in [7, 11) is 0. The highest BCUT2D eigenvalue weighted by Crippen LogP contribution is 2.08. The average Bonchev–Trinajstić information content (AvgIpc) is 2.21. The lowest BCUT2D eigenvalue weighted by Crippen LogP contribution is -2.34. The smallest absolute Gasteiger partial charge is 0.323 e. The summed E-state index contributed by atoms with van der Waals surface area (Å²) in [5.41, 5.74) is 5.99. The first-order valence-corrected chi connectivity index (χ1v) is 4.80. The van der Waals surface area contributed by atoms with E-state index in [1.807, 2.05) is 0 Å². The van der Waals surface area contributed by atoms with E-state index in [0.29, 0.717) is 5.56 Å². The van der Waals surface area contributed by atoms with Crippen molar-refractivity contribution >= 4 is 18.4 Å². The van der Waals surface area contributed by atoms with Gasteiger partial charge in [-0.25, -0.2) is 4.39 Å². The van der Waals surface area contributed by atoms with Gasteiger partial charge in [-0.15, -0.1) is 12.4 Å². The van der Waals surface area contributed by atoms with Crippen molar-refractivity contribution in [3.63, 3.8) is 0 Å². The van der Waals surface area contributed by atoms with Gasteiger partial charge in [-0.3, -0.25) is 4.79 Å². The van der Waals surface area contributed by atoms with E-state index < -0.39 is 12.0 Å². The molecule has 0 amide bonds. The van der Waals surface area contributed by atoms with Gasteiger partial charge in [0.05, 0.1) is 6.61 Å². The number of halogens is 2. The van der Waals surface area contributed by atoms with Gasteiger partial charge in [0.15, 0.2) is 0 Å². The van der Waals surface area contributed by atoms with E-state index in [2.05, 4.69) is 0 Å².